The molecule has 2 rings (SSSR count). The summed E-state index contributed by atoms with van der Waals surface area (Å²) in [5.41, 5.74) is 2.29. The number of anilines is 1. The van der Waals surface area contributed by atoms with Crippen LogP contribution in [-0.4, -0.2) is 50.2 Å². The van der Waals surface area contributed by atoms with E-state index in [1.807, 2.05) is 19.9 Å². The van der Waals surface area contributed by atoms with Gasteiger partial charge in [0.15, 0.2) is 5.92 Å². The average Bonchev–Trinajstić information content (AvgIpc) is 2.63. The van der Waals surface area contributed by atoms with Crippen molar-refractivity contribution in [2.45, 2.75) is 34.1 Å². The third-order valence-electron chi connectivity index (χ3n) is 5.09. The molecule has 1 saturated heterocycles. The SMILES string of the molecule is CC[NH+](CC)CCCN=CC1C(=O)NC(=O)N(c2cccc(C)c2C)C1=O. The zero-order chi connectivity index (χ0) is 20.0. The van der Waals surface area contributed by atoms with E-state index in [0.717, 1.165) is 42.1 Å². The number of nitrogens with zero attached hydrogens (tertiary/aromatic N) is 2. The molecule has 0 bridgehead atoms. The van der Waals surface area contributed by atoms with E-state index in [-0.39, 0.29) is 0 Å². The molecule has 0 aliphatic carbocycles. The van der Waals surface area contributed by atoms with Gasteiger partial charge < -0.3 is 4.90 Å². The van der Waals surface area contributed by atoms with Crippen molar-refractivity contribution in [3.63, 3.8) is 0 Å². The van der Waals surface area contributed by atoms with Crippen LogP contribution < -0.4 is 15.1 Å². The lowest BCUT2D eigenvalue weighted by molar-refractivity contribution is -0.896. The Bertz CT molecular complexity index is 741. The van der Waals surface area contributed by atoms with Crippen molar-refractivity contribution in [2.24, 2.45) is 10.9 Å². The minimum absolute atomic E-state index is 0.494. The normalized spacial score (nSPS) is 17.9. The zero-order valence-corrected chi connectivity index (χ0v) is 16.5. The van der Waals surface area contributed by atoms with E-state index in [1.165, 1.54) is 11.1 Å². The lowest BCUT2D eigenvalue weighted by atomic mass is 10.0. The van der Waals surface area contributed by atoms with Gasteiger partial charge in [0.1, 0.15) is 0 Å². The summed E-state index contributed by atoms with van der Waals surface area (Å²) in [5.74, 6) is -2.26. The number of nitrogens with one attached hydrogen (secondary N) is 2. The number of aryl methyl sites for hydroxylation is 1. The Morgan fingerprint density at radius 3 is 2.56 bits per heavy atom. The summed E-state index contributed by atoms with van der Waals surface area (Å²) in [6, 6.07) is 4.69. The molecule has 1 heterocycles. The number of carbonyl (C=O) groups is 3. The molecule has 2 N–H and O–H groups in total. The fourth-order valence-corrected chi connectivity index (χ4v) is 3.13. The van der Waals surface area contributed by atoms with Gasteiger partial charge in [-0.25, -0.2) is 9.69 Å². The number of rotatable bonds is 8. The topological polar surface area (TPSA) is 83.3 Å². The maximum absolute atomic E-state index is 12.8. The van der Waals surface area contributed by atoms with Crippen LogP contribution in [0.5, 0.6) is 0 Å². The van der Waals surface area contributed by atoms with E-state index >= 15 is 0 Å². The predicted molar refractivity (Wildman–Crippen MR) is 105 cm³/mol. The zero-order valence-electron chi connectivity index (χ0n) is 16.5. The van der Waals surface area contributed by atoms with E-state index in [1.54, 1.807) is 12.1 Å². The van der Waals surface area contributed by atoms with Crippen molar-refractivity contribution >= 4 is 29.7 Å². The van der Waals surface area contributed by atoms with Crippen molar-refractivity contribution in [3.8, 4) is 0 Å². The molecule has 1 atom stereocenters. The third kappa shape index (κ3) is 4.80. The first kappa shape index (κ1) is 20.8. The quantitative estimate of drug-likeness (QED) is 0.403. The fraction of sp³-hybridized carbons (Fsp3) is 0.500. The van der Waals surface area contributed by atoms with Gasteiger partial charge in [-0.15, -0.1) is 0 Å². The minimum atomic E-state index is -1.08. The van der Waals surface area contributed by atoms with Crippen molar-refractivity contribution in [2.75, 3.05) is 31.1 Å². The summed E-state index contributed by atoms with van der Waals surface area (Å²) in [5, 5.41) is 2.26. The maximum Gasteiger partial charge on any atom is 0.335 e. The molecule has 1 unspecified atom stereocenters. The molecular formula is C20H29N4O3+. The van der Waals surface area contributed by atoms with Crippen molar-refractivity contribution in [1.82, 2.24) is 5.32 Å². The summed E-state index contributed by atoms with van der Waals surface area (Å²) >= 11 is 0. The molecule has 7 nitrogen and oxygen atoms in total. The molecule has 1 aromatic rings. The molecule has 7 heteroatoms. The molecule has 146 valence electrons. The molecule has 4 amide bonds. The maximum atomic E-state index is 12.8. The first-order valence-corrected chi connectivity index (χ1v) is 9.49. The number of barbiturate groups is 1. The summed E-state index contributed by atoms with van der Waals surface area (Å²) in [4.78, 5) is 44.0. The predicted octanol–water partition coefficient (Wildman–Crippen LogP) is 0.888. The molecule has 1 aliphatic heterocycles. The highest BCUT2D eigenvalue weighted by atomic mass is 16.2. The van der Waals surface area contributed by atoms with Gasteiger partial charge in [0.25, 0.3) is 5.91 Å². The standard InChI is InChI=1S/C20H28N4O3/c1-5-23(6-2)12-8-11-21-13-16-18(25)22-20(27)24(19(16)26)17-10-7-9-14(3)15(17)4/h7,9-10,13,16H,5-6,8,11-12H2,1-4H3,(H,22,25,27)/p+1. The van der Waals surface area contributed by atoms with Crippen LogP contribution in [-0.2, 0) is 9.59 Å². The van der Waals surface area contributed by atoms with Crippen LogP contribution in [0.3, 0.4) is 0 Å². The smallest absolute Gasteiger partial charge is 0.335 e. The minimum Gasteiger partial charge on any atom is -0.335 e. The number of aliphatic imine (C=N–C) groups is 1. The van der Waals surface area contributed by atoms with Crippen LogP contribution in [0.25, 0.3) is 0 Å². The molecular weight excluding hydrogens is 344 g/mol. The second-order valence-electron chi connectivity index (χ2n) is 6.78. The van der Waals surface area contributed by atoms with E-state index in [0.29, 0.717) is 12.2 Å². The van der Waals surface area contributed by atoms with Gasteiger partial charge in [0.2, 0.25) is 5.91 Å². The molecule has 27 heavy (non-hydrogen) atoms. The Hall–Kier alpha value is -2.54. The second-order valence-corrected chi connectivity index (χ2v) is 6.78. The Kier molecular flexibility index (Phi) is 7.24. The van der Waals surface area contributed by atoms with Crippen LogP contribution in [0.4, 0.5) is 10.5 Å². The molecule has 1 fully saturated rings. The average molecular weight is 373 g/mol. The molecule has 1 aromatic carbocycles. The van der Waals surface area contributed by atoms with Crippen LogP contribution in [0.15, 0.2) is 23.2 Å². The number of carbonyl (C=O) groups excluding carboxylic acids is 3. The van der Waals surface area contributed by atoms with Gasteiger partial charge in [-0.2, -0.15) is 0 Å². The van der Waals surface area contributed by atoms with E-state index in [2.05, 4.69) is 24.2 Å². The first-order chi connectivity index (χ1) is 12.9. The Balaban J connectivity index is 2.10. The highest BCUT2D eigenvalue weighted by molar-refractivity contribution is 6.32. The number of amides is 4. The molecule has 1 aliphatic rings. The summed E-state index contributed by atoms with van der Waals surface area (Å²) in [6.45, 7) is 11.7. The highest BCUT2D eigenvalue weighted by Gasteiger charge is 2.40. The summed E-state index contributed by atoms with van der Waals surface area (Å²) in [7, 11) is 0. The van der Waals surface area contributed by atoms with Gasteiger partial charge in [-0.05, 0) is 44.9 Å². The van der Waals surface area contributed by atoms with Crippen LogP contribution in [0.1, 0.15) is 31.4 Å². The summed E-state index contributed by atoms with van der Waals surface area (Å²) in [6.07, 6.45) is 2.26. The van der Waals surface area contributed by atoms with Crippen LogP contribution in [0.2, 0.25) is 0 Å². The monoisotopic (exact) mass is 373 g/mol. The number of urea groups is 1. The van der Waals surface area contributed by atoms with E-state index < -0.39 is 23.8 Å². The van der Waals surface area contributed by atoms with Gasteiger partial charge in [0.05, 0.1) is 25.3 Å². The van der Waals surface area contributed by atoms with Gasteiger partial charge in [0, 0.05) is 19.2 Å². The number of imide groups is 2. The third-order valence-corrected chi connectivity index (χ3v) is 5.09. The number of quaternary nitrogens is 1. The van der Waals surface area contributed by atoms with Gasteiger partial charge >= 0.3 is 6.03 Å². The lowest BCUT2D eigenvalue weighted by Gasteiger charge is -2.29. The highest BCUT2D eigenvalue weighted by Crippen LogP contribution is 2.26. The number of hydrogen-bond acceptors (Lipinski definition) is 4. The molecule has 0 spiro atoms. The Morgan fingerprint density at radius 2 is 1.89 bits per heavy atom. The lowest BCUT2D eigenvalue weighted by Crippen LogP contribution is -3.11. The largest absolute Gasteiger partial charge is 0.335 e. The number of hydrogen-bond donors (Lipinski definition) is 2. The fourth-order valence-electron chi connectivity index (χ4n) is 3.13. The summed E-state index contributed by atoms with van der Waals surface area (Å²) < 4.78 is 0. The molecule has 0 aromatic heterocycles. The molecule has 0 radical (unpaired) electrons. The van der Waals surface area contributed by atoms with Gasteiger partial charge in [-0.1, -0.05) is 12.1 Å². The number of benzene rings is 1. The van der Waals surface area contributed by atoms with Crippen molar-refractivity contribution in [1.29, 1.82) is 0 Å². The Labute approximate surface area is 160 Å². The van der Waals surface area contributed by atoms with Crippen LogP contribution in [0, 0.1) is 19.8 Å². The van der Waals surface area contributed by atoms with Crippen LogP contribution >= 0.6 is 0 Å². The first-order valence-electron chi connectivity index (χ1n) is 9.49. The molecule has 0 saturated carbocycles. The van der Waals surface area contributed by atoms with Crippen molar-refractivity contribution < 1.29 is 19.3 Å². The van der Waals surface area contributed by atoms with E-state index in [4.69, 9.17) is 0 Å². The second kappa shape index (κ2) is 9.41. The van der Waals surface area contributed by atoms with E-state index in [9.17, 15) is 14.4 Å². The van der Waals surface area contributed by atoms with Crippen molar-refractivity contribution in [3.05, 3.63) is 29.3 Å². The van der Waals surface area contributed by atoms with Gasteiger partial charge in [-0.3, -0.25) is 19.9 Å². The Morgan fingerprint density at radius 1 is 1.19 bits per heavy atom.